The minimum Gasteiger partial charge on any atom is -0.385 e. The molecule has 80 valence electrons. The molecular weight excluding hydrogens is 219 g/mol. The fourth-order valence-corrected chi connectivity index (χ4v) is 0.769. The van der Waals surface area contributed by atoms with Crippen LogP contribution in [0.4, 0.5) is 22.0 Å². The van der Waals surface area contributed by atoms with Gasteiger partial charge in [-0.1, -0.05) is 0 Å². The number of aliphatic hydroxyl groups is 1. The molecule has 0 fully saturated rings. The van der Waals surface area contributed by atoms with E-state index < -0.39 is 36.9 Å². The zero-order valence-electron chi connectivity index (χ0n) is 6.41. The lowest BCUT2D eigenvalue weighted by molar-refractivity contribution is -0.138. The third-order valence-corrected chi connectivity index (χ3v) is 1.57. The van der Waals surface area contributed by atoms with Crippen molar-refractivity contribution < 1.29 is 27.1 Å². The Kier molecular flexibility index (Phi) is 4.38. The van der Waals surface area contributed by atoms with Crippen LogP contribution in [0.5, 0.6) is 0 Å². The largest absolute Gasteiger partial charge is 0.389 e. The molecule has 0 heterocycles. The molecule has 0 aliphatic carbocycles. The van der Waals surface area contributed by atoms with Gasteiger partial charge in [0.15, 0.2) is 0 Å². The molecule has 0 radical (unpaired) electrons. The average molecular weight is 227 g/mol. The molecular formula is C6H8ClF5O. The Morgan fingerprint density at radius 1 is 1.15 bits per heavy atom. The standard InChI is InChI=1S/C6H8ClF5O/c7-6(11,12)4(13)2-1-3-5(8,9)10/h4,13H,1-3H2. The van der Waals surface area contributed by atoms with E-state index in [9.17, 15) is 22.0 Å². The van der Waals surface area contributed by atoms with Crippen LogP contribution >= 0.6 is 11.6 Å². The van der Waals surface area contributed by atoms with E-state index in [-0.39, 0.29) is 0 Å². The van der Waals surface area contributed by atoms with Gasteiger partial charge in [-0.05, 0) is 24.4 Å². The van der Waals surface area contributed by atoms with Crippen molar-refractivity contribution in [2.75, 3.05) is 0 Å². The first kappa shape index (κ1) is 12.9. The normalized spacial score (nSPS) is 15.9. The summed E-state index contributed by atoms with van der Waals surface area (Å²) >= 11 is 4.37. The fourth-order valence-electron chi connectivity index (χ4n) is 0.660. The summed E-state index contributed by atoms with van der Waals surface area (Å²) in [6.45, 7) is 0. The molecule has 0 saturated carbocycles. The van der Waals surface area contributed by atoms with Gasteiger partial charge in [-0.3, -0.25) is 0 Å². The topological polar surface area (TPSA) is 20.2 Å². The first-order valence-corrected chi connectivity index (χ1v) is 3.82. The highest BCUT2D eigenvalue weighted by Crippen LogP contribution is 2.29. The summed E-state index contributed by atoms with van der Waals surface area (Å²) in [5.74, 6) is 0. The van der Waals surface area contributed by atoms with Gasteiger partial charge >= 0.3 is 11.6 Å². The predicted octanol–water partition coefficient (Wildman–Crippen LogP) is 2.91. The van der Waals surface area contributed by atoms with Gasteiger partial charge in [0.1, 0.15) is 6.10 Å². The molecule has 0 aromatic rings. The molecule has 0 rings (SSSR count). The Labute approximate surface area is 76.5 Å². The van der Waals surface area contributed by atoms with Crippen molar-refractivity contribution in [3.05, 3.63) is 0 Å². The maximum Gasteiger partial charge on any atom is 0.389 e. The highest BCUT2D eigenvalue weighted by atomic mass is 35.5. The highest BCUT2D eigenvalue weighted by molar-refractivity contribution is 6.22. The van der Waals surface area contributed by atoms with Gasteiger partial charge < -0.3 is 5.11 Å². The van der Waals surface area contributed by atoms with Crippen LogP contribution in [0.2, 0.25) is 0 Å². The number of hydrogen-bond acceptors (Lipinski definition) is 1. The van der Waals surface area contributed by atoms with Crippen LogP contribution in [-0.2, 0) is 0 Å². The van der Waals surface area contributed by atoms with E-state index in [2.05, 4.69) is 11.6 Å². The fraction of sp³-hybridized carbons (Fsp3) is 1.00. The van der Waals surface area contributed by atoms with Gasteiger partial charge in [-0.25, -0.2) is 0 Å². The van der Waals surface area contributed by atoms with Gasteiger partial charge in [0.05, 0.1) is 0 Å². The van der Waals surface area contributed by atoms with Gasteiger partial charge in [-0.15, -0.1) is 0 Å². The van der Waals surface area contributed by atoms with Crippen molar-refractivity contribution in [2.45, 2.75) is 36.9 Å². The van der Waals surface area contributed by atoms with Gasteiger partial charge in [0.25, 0.3) is 0 Å². The van der Waals surface area contributed by atoms with Crippen molar-refractivity contribution >= 4 is 11.6 Å². The molecule has 0 aromatic heterocycles. The summed E-state index contributed by atoms with van der Waals surface area (Å²) in [4.78, 5) is 0. The summed E-state index contributed by atoms with van der Waals surface area (Å²) in [5, 5.41) is 4.68. The van der Waals surface area contributed by atoms with Crippen LogP contribution in [0.1, 0.15) is 19.3 Å². The van der Waals surface area contributed by atoms with Gasteiger partial charge in [0.2, 0.25) is 0 Å². The first-order chi connectivity index (χ1) is 5.63. The van der Waals surface area contributed by atoms with E-state index in [4.69, 9.17) is 5.11 Å². The van der Waals surface area contributed by atoms with Crippen molar-refractivity contribution in [3.8, 4) is 0 Å². The number of alkyl halides is 6. The molecule has 1 nitrogen and oxygen atoms in total. The molecule has 1 unspecified atom stereocenters. The average Bonchev–Trinajstić information content (AvgIpc) is 1.82. The Balaban J connectivity index is 3.67. The summed E-state index contributed by atoms with van der Waals surface area (Å²) in [6, 6.07) is 0. The van der Waals surface area contributed by atoms with Gasteiger partial charge in [0, 0.05) is 6.42 Å². The smallest absolute Gasteiger partial charge is 0.385 e. The SMILES string of the molecule is OC(CCCC(F)(F)F)C(F)(F)Cl. The molecule has 13 heavy (non-hydrogen) atoms. The van der Waals surface area contributed by atoms with Crippen LogP contribution < -0.4 is 0 Å². The third-order valence-electron chi connectivity index (χ3n) is 1.32. The molecule has 0 amide bonds. The summed E-state index contributed by atoms with van der Waals surface area (Å²) in [7, 11) is 0. The van der Waals surface area contributed by atoms with Crippen molar-refractivity contribution in [1.29, 1.82) is 0 Å². The number of aliphatic hydroxyl groups excluding tert-OH is 1. The van der Waals surface area contributed by atoms with E-state index in [1.165, 1.54) is 0 Å². The van der Waals surface area contributed by atoms with Gasteiger partial charge in [-0.2, -0.15) is 22.0 Å². The van der Waals surface area contributed by atoms with Crippen molar-refractivity contribution in [2.24, 2.45) is 0 Å². The maximum atomic E-state index is 12.0. The van der Waals surface area contributed by atoms with Crippen molar-refractivity contribution in [1.82, 2.24) is 0 Å². The molecule has 1 N–H and O–H groups in total. The van der Waals surface area contributed by atoms with Crippen LogP contribution in [0.15, 0.2) is 0 Å². The van der Waals surface area contributed by atoms with Crippen LogP contribution in [-0.4, -0.2) is 22.8 Å². The molecule has 7 heteroatoms. The Bertz CT molecular complexity index is 152. The number of halogens is 6. The summed E-state index contributed by atoms with van der Waals surface area (Å²) in [5.41, 5.74) is 0. The summed E-state index contributed by atoms with van der Waals surface area (Å²) in [6.07, 6.45) is -9.04. The van der Waals surface area contributed by atoms with E-state index >= 15 is 0 Å². The second-order valence-corrected chi connectivity index (χ2v) is 3.07. The molecule has 0 aliphatic heterocycles. The van der Waals surface area contributed by atoms with E-state index in [1.54, 1.807) is 0 Å². The first-order valence-electron chi connectivity index (χ1n) is 3.44. The van der Waals surface area contributed by atoms with Crippen molar-refractivity contribution in [3.63, 3.8) is 0 Å². The lowest BCUT2D eigenvalue weighted by atomic mass is 10.1. The van der Waals surface area contributed by atoms with Crippen LogP contribution in [0.25, 0.3) is 0 Å². The zero-order valence-corrected chi connectivity index (χ0v) is 7.17. The lowest BCUT2D eigenvalue weighted by Gasteiger charge is -2.15. The molecule has 0 aromatic carbocycles. The van der Waals surface area contributed by atoms with Crippen LogP contribution in [0.3, 0.4) is 0 Å². The number of hydrogen-bond donors (Lipinski definition) is 1. The van der Waals surface area contributed by atoms with E-state index in [0.29, 0.717) is 0 Å². The Morgan fingerprint density at radius 3 is 1.92 bits per heavy atom. The molecule has 0 bridgehead atoms. The minimum absolute atomic E-state index is 0.563. The quantitative estimate of drug-likeness (QED) is 0.577. The molecule has 0 spiro atoms. The highest BCUT2D eigenvalue weighted by Gasteiger charge is 2.36. The molecule has 0 saturated heterocycles. The Morgan fingerprint density at radius 2 is 1.62 bits per heavy atom. The van der Waals surface area contributed by atoms with E-state index in [0.717, 1.165) is 0 Å². The third kappa shape index (κ3) is 7.01. The van der Waals surface area contributed by atoms with Crippen LogP contribution in [0, 0.1) is 0 Å². The lowest BCUT2D eigenvalue weighted by Crippen LogP contribution is -2.27. The second-order valence-electron chi connectivity index (χ2n) is 2.56. The molecule has 0 aliphatic rings. The number of rotatable bonds is 4. The monoisotopic (exact) mass is 226 g/mol. The minimum atomic E-state index is -4.39. The zero-order chi connectivity index (χ0) is 10.7. The summed E-state index contributed by atoms with van der Waals surface area (Å²) < 4.78 is 58.4. The second kappa shape index (κ2) is 4.41. The maximum absolute atomic E-state index is 12.0. The van der Waals surface area contributed by atoms with E-state index in [1.807, 2.05) is 0 Å². The molecule has 1 atom stereocenters. The Hall–Kier alpha value is -0.100. The predicted molar refractivity (Wildman–Crippen MR) is 36.7 cm³/mol.